The predicted octanol–water partition coefficient (Wildman–Crippen LogP) is 5.41. The molecule has 0 amide bonds. The van der Waals surface area contributed by atoms with Gasteiger partial charge in [0.05, 0.1) is 0 Å². The van der Waals surface area contributed by atoms with E-state index in [0.29, 0.717) is 10.6 Å². The van der Waals surface area contributed by atoms with E-state index in [0.717, 1.165) is 18.5 Å². The van der Waals surface area contributed by atoms with E-state index in [4.69, 9.17) is 11.6 Å². The van der Waals surface area contributed by atoms with Gasteiger partial charge in [-0.15, -0.1) is 0 Å². The fraction of sp³-hybridized carbons (Fsp3) is 0.625. The summed E-state index contributed by atoms with van der Waals surface area (Å²) < 4.78 is 13.5. The van der Waals surface area contributed by atoms with Crippen LogP contribution in [0.2, 0.25) is 5.02 Å². The molecule has 0 aliphatic heterocycles. The van der Waals surface area contributed by atoms with Gasteiger partial charge >= 0.3 is 0 Å². The molecular weight excluding hydrogens is 261 g/mol. The van der Waals surface area contributed by atoms with Gasteiger partial charge in [-0.1, -0.05) is 57.2 Å². The molecule has 0 radical (unpaired) electrons. The number of hydrogen-bond donors (Lipinski definition) is 1. The lowest BCUT2D eigenvalue weighted by Gasteiger charge is -2.20. The van der Waals surface area contributed by atoms with Crippen LogP contribution < -0.4 is 5.32 Å². The van der Waals surface area contributed by atoms with Crippen LogP contribution in [0, 0.1) is 12.7 Å². The Bertz CT molecular complexity index is 393. The Kier molecular flexibility index (Phi) is 7.40. The molecule has 0 saturated heterocycles. The maximum Gasteiger partial charge on any atom is 0.127 e. The van der Waals surface area contributed by atoms with Gasteiger partial charge in [-0.2, -0.15) is 0 Å². The second-order valence-corrected chi connectivity index (χ2v) is 5.49. The van der Waals surface area contributed by atoms with E-state index in [9.17, 15) is 4.39 Å². The molecule has 108 valence electrons. The largest absolute Gasteiger partial charge is 0.310 e. The van der Waals surface area contributed by atoms with Crippen LogP contribution in [0.25, 0.3) is 0 Å². The lowest BCUT2D eigenvalue weighted by Crippen LogP contribution is -2.21. The van der Waals surface area contributed by atoms with Crippen LogP contribution in [0.1, 0.15) is 63.1 Å². The van der Waals surface area contributed by atoms with Crippen molar-refractivity contribution in [3.63, 3.8) is 0 Å². The minimum absolute atomic E-state index is 0.227. The fourth-order valence-corrected chi connectivity index (χ4v) is 2.62. The summed E-state index contributed by atoms with van der Waals surface area (Å²) in [6.45, 7) is 6.98. The minimum Gasteiger partial charge on any atom is -0.310 e. The van der Waals surface area contributed by atoms with E-state index in [2.05, 4.69) is 19.2 Å². The first-order valence-corrected chi connectivity index (χ1v) is 7.66. The van der Waals surface area contributed by atoms with Crippen LogP contribution in [-0.2, 0) is 0 Å². The van der Waals surface area contributed by atoms with Crippen LogP contribution in [-0.4, -0.2) is 6.54 Å². The summed E-state index contributed by atoms with van der Waals surface area (Å²) in [4.78, 5) is 0. The molecule has 19 heavy (non-hydrogen) atoms. The number of unbranched alkanes of at least 4 members (excludes halogenated alkanes) is 3. The van der Waals surface area contributed by atoms with E-state index in [1.54, 1.807) is 6.92 Å². The third kappa shape index (κ3) is 5.12. The Labute approximate surface area is 121 Å². The summed E-state index contributed by atoms with van der Waals surface area (Å²) in [6, 6.07) is 3.54. The predicted molar refractivity (Wildman–Crippen MR) is 81.3 cm³/mol. The van der Waals surface area contributed by atoms with Gasteiger partial charge in [0, 0.05) is 11.1 Å². The first-order valence-electron chi connectivity index (χ1n) is 7.29. The SMILES string of the molecule is CCCCCCC(NCC)c1cc(C)c(F)cc1Cl. The van der Waals surface area contributed by atoms with Gasteiger partial charge in [-0.05, 0) is 37.1 Å². The maximum atomic E-state index is 13.5. The van der Waals surface area contributed by atoms with Gasteiger partial charge in [-0.25, -0.2) is 4.39 Å². The molecule has 3 heteroatoms. The Balaban J connectivity index is 2.77. The summed E-state index contributed by atoms with van der Waals surface area (Å²) in [5.41, 5.74) is 1.69. The summed E-state index contributed by atoms with van der Waals surface area (Å²) in [7, 11) is 0. The van der Waals surface area contributed by atoms with Crippen molar-refractivity contribution in [3.05, 3.63) is 34.1 Å². The molecule has 0 fully saturated rings. The molecule has 1 aromatic rings. The fourth-order valence-electron chi connectivity index (χ4n) is 2.34. The van der Waals surface area contributed by atoms with Crippen molar-refractivity contribution >= 4 is 11.6 Å². The third-order valence-electron chi connectivity index (χ3n) is 3.45. The smallest absolute Gasteiger partial charge is 0.127 e. The molecule has 0 aliphatic rings. The Morgan fingerprint density at radius 2 is 1.95 bits per heavy atom. The monoisotopic (exact) mass is 285 g/mol. The number of aryl methyl sites for hydroxylation is 1. The second-order valence-electron chi connectivity index (χ2n) is 5.08. The van der Waals surface area contributed by atoms with Crippen LogP contribution in [0.15, 0.2) is 12.1 Å². The average Bonchev–Trinajstić information content (AvgIpc) is 2.38. The highest BCUT2D eigenvalue weighted by Gasteiger charge is 2.15. The Morgan fingerprint density at radius 1 is 1.21 bits per heavy atom. The molecule has 1 N–H and O–H groups in total. The highest BCUT2D eigenvalue weighted by molar-refractivity contribution is 6.31. The van der Waals surface area contributed by atoms with Crippen molar-refractivity contribution < 1.29 is 4.39 Å². The highest BCUT2D eigenvalue weighted by atomic mass is 35.5. The minimum atomic E-state index is -0.227. The number of nitrogens with one attached hydrogen (secondary N) is 1. The molecule has 0 heterocycles. The summed E-state index contributed by atoms with van der Waals surface area (Å²) in [5, 5.41) is 3.99. The molecule has 0 bridgehead atoms. The number of hydrogen-bond acceptors (Lipinski definition) is 1. The maximum absolute atomic E-state index is 13.5. The van der Waals surface area contributed by atoms with E-state index in [1.807, 2.05) is 6.07 Å². The van der Waals surface area contributed by atoms with Gasteiger partial charge in [-0.3, -0.25) is 0 Å². The lowest BCUT2D eigenvalue weighted by atomic mass is 9.98. The molecule has 1 aromatic carbocycles. The highest BCUT2D eigenvalue weighted by Crippen LogP contribution is 2.29. The molecular formula is C16H25ClFN. The van der Waals surface area contributed by atoms with Gasteiger partial charge in [0.2, 0.25) is 0 Å². The molecule has 0 saturated carbocycles. The standard InChI is InChI=1S/C16H25ClFN/c1-4-6-7-8-9-16(19-5-2)13-10-12(3)15(18)11-14(13)17/h10-11,16,19H,4-9H2,1-3H3. The van der Waals surface area contributed by atoms with Gasteiger partial charge in [0.1, 0.15) is 5.82 Å². The van der Waals surface area contributed by atoms with Crippen molar-refractivity contribution in [2.75, 3.05) is 6.54 Å². The quantitative estimate of drug-likeness (QED) is 0.630. The van der Waals surface area contributed by atoms with Crippen molar-refractivity contribution in [1.29, 1.82) is 0 Å². The Hall–Kier alpha value is -0.600. The molecule has 1 rings (SSSR count). The molecule has 0 aliphatic carbocycles. The van der Waals surface area contributed by atoms with Crippen molar-refractivity contribution in [3.8, 4) is 0 Å². The Morgan fingerprint density at radius 3 is 2.58 bits per heavy atom. The van der Waals surface area contributed by atoms with Gasteiger partial charge in [0.15, 0.2) is 0 Å². The van der Waals surface area contributed by atoms with Crippen molar-refractivity contribution in [2.45, 2.75) is 58.9 Å². The zero-order valence-electron chi connectivity index (χ0n) is 12.2. The molecule has 0 spiro atoms. The summed E-state index contributed by atoms with van der Waals surface area (Å²) in [6.07, 6.45) is 5.99. The normalized spacial score (nSPS) is 12.7. The number of benzene rings is 1. The average molecular weight is 286 g/mol. The van der Waals surface area contributed by atoms with Crippen LogP contribution in [0.5, 0.6) is 0 Å². The number of rotatable bonds is 8. The van der Waals surface area contributed by atoms with Crippen molar-refractivity contribution in [2.24, 2.45) is 0 Å². The van der Waals surface area contributed by atoms with Gasteiger partial charge < -0.3 is 5.32 Å². The van der Waals surface area contributed by atoms with E-state index in [-0.39, 0.29) is 11.9 Å². The van der Waals surface area contributed by atoms with Gasteiger partial charge in [0.25, 0.3) is 0 Å². The van der Waals surface area contributed by atoms with E-state index >= 15 is 0 Å². The lowest BCUT2D eigenvalue weighted by molar-refractivity contribution is 0.480. The molecule has 1 atom stereocenters. The van der Waals surface area contributed by atoms with Crippen LogP contribution in [0.4, 0.5) is 4.39 Å². The summed E-state index contributed by atoms with van der Waals surface area (Å²) >= 11 is 6.19. The van der Waals surface area contributed by atoms with Crippen LogP contribution >= 0.6 is 11.6 Å². The van der Waals surface area contributed by atoms with Crippen LogP contribution in [0.3, 0.4) is 0 Å². The van der Waals surface area contributed by atoms with E-state index in [1.165, 1.54) is 31.7 Å². The summed E-state index contributed by atoms with van der Waals surface area (Å²) in [5.74, 6) is -0.227. The van der Waals surface area contributed by atoms with E-state index < -0.39 is 0 Å². The topological polar surface area (TPSA) is 12.0 Å². The molecule has 0 aromatic heterocycles. The zero-order chi connectivity index (χ0) is 14.3. The first kappa shape index (κ1) is 16.5. The zero-order valence-corrected chi connectivity index (χ0v) is 13.0. The second kappa shape index (κ2) is 8.55. The molecule has 1 nitrogen and oxygen atoms in total. The van der Waals surface area contributed by atoms with Crippen molar-refractivity contribution in [1.82, 2.24) is 5.32 Å². The molecule has 1 unspecified atom stereocenters. The third-order valence-corrected chi connectivity index (χ3v) is 3.78. The first-order chi connectivity index (χ1) is 9.10. The number of halogens is 2.